The normalized spacial score (nSPS) is 20.7. The summed E-state index contributed by atoms with van der Waals surface area (Å²) >= 11 is 0. The van der Waals surface area contributed by atoms with E-state index in [1.54, 1.807) is 7.11 Å². The molecule has 0 unspecified atom stereocenters. The van der Waals surface area contributed by atoms with Crippen LogP contribution in [0.1, 0.15) is 68.2 Å². The topological polar surface area (TPSA) is 61.9 Å². The molecule has 2 aliphatic heterocycles. The van der Waals surface area contributed by atoms with Crippen LogP contribution in [0.5, 0.6) is 5.75 Å². The number of para-hydroxylation sites is 1. The molecule has 2 atom stereocenters. The Morgan fingerprint density at radius 3 is 2.49 bits per heavy atom. The van der Waals surface area contributed by atoms with E-state index in [0.717, 1.165) is 36.3 Å². The van der Waals surface area contributed by atoms with Crippen LogP contribution in [-0.4, -0.2) is 48.4 Å². The molecule has 188 valence electrons. The van der Waals surface area contributed by atoms with E-state index < -0.39 is 0 Å². The molecule has 0 bridgehead atoms. The van der Waals surface area contributed by atoms with Gasteiger partial charge in [0.05, 0.1) is 19.1 Å². The van der Waals surface area contributed by atoms with Gasteiger partial charge in [-0.15, -0.1) is 0 Å². The van der Waals surface area contributed by atoms with Crippen molar-refractivity contribution in [2.75, 3.05) is 26.7 Å². The molecule has 2 heterocycles. The highest BCUT2D eigenvalue weighted by Crippen LogP contribution is 2.40. The summed E-state index contributed by atoms with van der Waals surface area (Å²) in [6.07, 6.45) is 5.44. The third-order valence-corrected chi connectivity index (χ3v) is 7.35. The molecule has 2 saturated heterocycles. The molecule has 0 saturated carbocycles. The lowest BCUT2D eigenvalue weighted by Crippen LogP contribution is -2.48. The molecule has 0 aliphatic carbocycles. The van der Waals surface area contributed by atoms with Crippen molar-refractivity contribution >= 4 is 11.8 Å². The predicted molar refractivity (Wildman–Crippen MR) is 138 cm³/mol. The molecule has 35 heavy (non-hydrogen) atoms. The van der Waals surface area contributed by atoms with Crippen molar-refractivity contribution in [2.24, 2.45) is 5.92 Å². The molecule has 2 aromatic carbocycles. The Bertz CT molecular complexity index is 985. The summed E-state index contributed by atoms with van der Waals surface area (Å²) in [5.41, 5.74) is 3.31. The molecule has 0 spiro atoms. The molecule has 2 amide bonds. The smallest absolute Gasteiger partial charge is 0.225 e. The Kier molecular flexibility index (Phi) is 8.80. The van der Waals surface area contributed by atoms with Gasteiger partial charge in [-0.3, -0.25) is 14.5 Å². The van der Waals surface area contributed by atoms with E-state index in [1.807, 2.05) is 29.2 Å². The molecule has 2 aliphatic rings. The van der Waals surface area contributed by atoms with Crippen molar-refractivity contribution in [2.45, 2.75) is 64.6 Å². The fourth-order valence-corrected chi connectivity index (χ4v) is 5.40. The molecule has 2 aromatic rings. The number of carbonyl (C=O) groups excluding carboxylic acids is 2. The van der Waals surface area contributed by atoms with Crippen LogP contribution in [0, 0.1) is 5.92 Å². The summed E-state index contributed by atoms with van der Waals surface area (Å²) in [6.45, 7) is 6.62. The molecule has 2 fully saturated rings. The van der Waals surface area contributed by atoms with E-state index in [9.17, 15) is 9.59 Å². The summed E-state index contributed by atoms with van der Waals surface area (Å²) < 4.78 is 5.63. The van der Waals surface area contributed by atoms with E-state index in [2.05, 4.69) is 41.4 Å². The van der Waals surface area contributed by atoms with Crippen molar-refractivity contribution in [1.29, 1.82) is 0 Å². The lowest BCUT2D eigenvalue weighted by molar-refractivity contribution is -0.143. The number of amides is 2. The molecule has 1 N–H and O–H groups in total. The second-order valence-corrected chi connectivity index (χ2v) is 9.79. The van der Waals surface area contributed by atoms with Gasteiger partial charge in [0.15, 0.2) is 0 Å². The SMILES string of the molecule is CCCCN1C(=O)CC[C@@H](C(=O)NCc2ccc(CN3CCCC3)cc2)[C@H]1c1ccccc1OC. The summed E-state index contributed by atoms with van der Waals surface area (Å²) in [5.74, 6) is 0.526. The number of rotatable bonds is 10. The summed E-state index contributed by atoms with van der Waals surface area (Å²) in [4.78, 5) is 30.8. The Hall–Kier alpha value is -2.86. The maximum atomic E-state index is 13.5. The van der Waals surface area contributed by atoms with Crippen molar-refractivity contribution in [3.63, 3.8) is 0 Å². The van der Waals surface area contributed by atoms with Gasteiger partial charge in [-0.2, -0.15) is 0 Å². The van der Waals surface area contributed by atoms with Crippen molar-refractivity contribution < 1.29 is 14.3 Å². The van der Waals surface area contributed by atoms with E-state index in [0.29, 0.717) is 25.9 Å². The molecular weight excluding hydrogens is 438 g/mol. The molecule has 0 radical (unpaired) electrons. The van der Waals surface area contributed by atoms with Gasteiger partial charge in [0, 0.05) is 31.6 Å². The molecule has 4 rings (SSSR count). The quantitative estimate of drug-likeness (QED) is 0.539. The van der Waals surface area contributed by atoms with Gasteiger partial charge in [0.25, 0.3) is 0 Å². The maximum absolute atomic E-state index is 13.5. The fourth-order valence-electron chi connectivity index (χ4n) is 5.40. The number of nitrogens with zero attached hydrogens (tertiary/aromatic N) is 2. The summed E-state index contributed by atoms with van der Waals surface area (Å²) in [7, 11) is 1.64. The third kappa shape index (κ3) is 6.23. The van der Waals surface area contributed by atoms with Gasteiger partial charge in [-0.1, -0.05) is 55.8 Å². The number of hydrogen-bond donors (Lipinski definition) is 1. The molecule has 0 aromatic heterocycles. The highest BCUT2D eigenvalue weighted by atomic mass is 16.5. The first-order chi connectivity index (χ1) is 17.1. The van der Waals surface area contributed by atoms with E-state index in [4.69, 9.17) is 4.74 Å². The number of hydrogen-bond acceptors (Lipinski definition) is 4. The predicted octanol–water partition coefficient (Wildman–Crippen LogP) is 4.69. The average Bonchev–Trinajstić information content (AvgIpc) is 3.40. The molecular formula is C29H39N3O3. The monoisotopic (exact) mass is 477 g/mol. The molecule has 6 nitrogen and oxygen atoms in total. The Morgan fingerprint density at radius 2 is 1.77 bits per heavy atom. The van der Waals surface area contributed by atoms with Crippen molar-refractivity contribution in [3.8, 4) is 5.75 Å². The Morgan fingerprint density at radius 1 is 1.06 bits per heavy atom. The number of methoxy groups -OCH3 is 1. The van der Waals surface area contributed by atoms with Gasteiger partial charge in [0.2, 0.25) is 11.8 Å². The minimum absolute atomic E-state index is 0.00366. The van der Waals surface area contributed by atoms with Crippen LogP contribution in [0.25, 0.3) is 0 Å². The van der Waals surface area contributed by atoms with E-state index >= 15 is 0 Å². The second-order valence-electron chi connectivity index (χ2n) is 9.79. The standard InChI is InChI=1S/C29H39N3O3/c1-3-4-19-32-27(33)16-15-25(28(32)24-9-5-6-10-26(24)35-2)29(34)30-20-22-11-13-23(14-12-22)21-31-17-7-8-18-31/h5-6,9-14,25,28H,3-4,7-8,15-21H2,1-2H3,(H,30,34)/t25-,28-/m1/s1. The Labute approximate surface area is 209 Å². The minimum atomic E-state index is -0.318. The first-order valence-corrected chi connectivity index (χ1v) is 13.1. The maximum Gasteiger partial charge on any atom is 0.225 e. The average molecular weight is 478 g/mol. The van der Waals surface area contributed by atoms with Crippen LogP contribution in [0.3, 0.4) is 0 Å². The van der Waals surface area contributed by atoms with Crippen LogP contribution in [0.4, 0.5) is 0 Å². The Balaban J connectivity index is 1.46. The van der Waals surface area contributed by atoms with Crippen LogP contribution in [0.15, 0.2) is 48.5 Å². The van der Waals surface area contributed by atoms with Gasteiger partial charge < -0.3 is 15.0 Å². The van der Waals surface area contributed by atoms with Gasteiger partial charge >= 0.3 is 0 Å². The largest absolute Gasteiger partial charge is 0.496 e. The number of piperidine rings is 1. The van der Waals surface area contributed by atoms with Crippen molar-refractivity contribution in [3.05, 3.63) is 65.2 Å². The van der Waals surface area contributed by atoms with Crippen LogP contribution in [0.2, 0.25) is 0 Å². The number of ether oxygens (including phenoxy) is 1. The lowest BCUT2D eigenvalue weighted by Gasteiger charge is -2.41. The van der Waals surface area contributed by atoms with Crippen LogP contribution in [-0.2, 0) is 22.7 Å². The van der Waals surface area contributed by atoms with E-state index in [1.165, 1.54) is 31.5 Å². The number of unbranched alkanes of at least 4 members (excludes halogenated alkanes) is 1. The zero-order valence-electron chi connectivity index (χ0n) is 21.2. The number of nitrogens with one attached hydrogen (secondary N) is 1. The fraction of sp³-hybridized carbons (Fsp3) is 0.517. The van der Waals surface area contributed by atoms with Gasteiger partial charge in [0.1, 0.15) is 5.75 Å². The third-order valence-electron chi connectivity index (χ3n) is 7.35. The van der Waals surface area contributed by atoms with Gasteiger partial charge in [-0.25, -0.2) is 0 Å². The number of likely N-dealkylation sites (tertiary alicyclic amines) is 2. The van der Waals surface area contributed by atoms with Crippen LogP contribution >= 0.6 is 0 Å². The molecule has 6 heteroatoms. The van der Waals surface area contributed by atoms with Gasteiger partial charge in [-0.05, 0) is 56.0 Å². The summed E-state index contributed by atoms with van der Waals surface area (Å²) in [6, 6.07) is 16.0. The highest BCUT2D eigenvalue weighted by Gasteiger charge is 2.41. The highest BCUT2D eigenvalue weighted by molar-refractivity contribution is 5.85. The van der Waals surface area contributed by atoms with Crippen LogP contribution < -0.4 is 10.1 Å². The zero-order valence-corrected chi connectivity index (χ0v) is 21.2. The summed E-state index contributed by atoms with van der Waals surface area (Å²) in [5, 5.41) is 3.16. The first-order valence-electron chi connectivity index (χ1n) is 13.1. The second kappa shape index (κ2) is 12.2. The first kappa shape index (κ1) is 25.2. The number of carbonyl (C=O) groups is 2. The minimum Gasteiger partial charge on any atom is -0.496 e. The number of benzene rings is 2. The zero-order chi connectivity index (χ0) is 24.6. The van der Waals surface area contributed by atoms with E-state index in [-0.39, 0.29) is 23.8 Å². The van der Waals surface area contributed by atoms with Crippen molar-refractivity contribution in [1.82, 2.24) is 15.1 Å². The lowest BCUT2D eigenvalue weighted by atomic mass is 9.83.